The fraction of sp³-hybridized carbons (Fsp3) is 0.208. The summed E-state index contributed by atoms with van der Waals surface area (Å²) in [4.78, 5) is 15.2. The number of aromatic nitrogens is 2. The fourth-order valence-electron chi connectivity index (χ4n) is 3.47. The van der Waals surface area contributed by atoms with Gasteiger partial charge < -0.3 is 9.47 Å². The average Bonchev–Trinajstić information content (AvgIpc) is 3.36. The molecule has 6 nitrogen and oxygen atoms in total. The molecule has 8 heteroatoms. The summed E-state index contributed by atoms with van der Waals surface area (Å²) in [5, 5.41) is 4.83. The third kappa shape index (κ3) is 4.28. The van der Waals surface area contributed by atoms with Crippen LogP contribution in [0.4, 0.5) is 0 Å². The zero-order valence-electron chi connectivity index (χ0n) is 18.1. The third-order valence-electron chi connectivity index (χ3n) is 5.03. The molecule has 0 N–H and O–H groups in total. The number of thiocarbonyl (C=S) groups is 1. The lowest BCUT2D eigenvalue weighted by Crippen LogP contribution is -2.28. The van der Waals surface area contributed by atoms with E-state index in [0.717, 1.165) is 28.9 Å². The Morgan fingerprint density at radius 2 is 1.84 bits per heavy atom. The zero-order chi connectivity index (χ0) is 22.7. The van der Waals surface area contributed by atoms with Crippen LogP contribution in [0.1, 0.15) is 18.9 Å². The first-order chi connectivity index (χ1) is 15.5. The molecule has 0 spiro atoms. The molecule has 164 valence electrons. The fourth-order valence-corrected chi connectivity index (χ4v) is 4.77. The van der Waals surface area contributed by atoms with E-state index >= 15 is 0 Å². The van der Waals surface area contributed by atoms with Gasteiger partial charge in [0.1, 0.15) is 10.0 Å². The molecule has 4 rings (SSSR count). The molecule has 3 aromatic rings. The molecule has 1 aliphatic rings. The molecular formula is C24H23N3O3S2. The van der Waals surface area contributed by atoms with Gasteiger partial charge in [0.2, 0.25) is 0 Å². The van der Waals surface area contributed by atoms with Gasteiger partial charge in [-0.25, -0.2) is 4.68 Å². The van der Waals surface area contributed by atoms with Crippen LogP contribution < -0.4 is 9.47 Å². The van der Waals surface area contributed by atoms with E-state index in [4.69, 9.17) is 26.8 Å². The van der Waals surface area contributed by atoms with Crippen LogP contribution in [0.3, 0.4) is 0 Å². The van der Waals surface area contributed by atoms with Crippen LogP contribution in [-0.4, -0.2) is 45.7 Å². The normalized spacial score (nSPS) is 15.0. The van der Waals surface area contributed by atoms with Gasteiger partial charge in [0.05, 0.1) is 24.8 Å². The molecule has 1 saturated heterocycles. The van der Waals surface area contributed by atoms with Gasteiger partial charge in [0, 0.05) is 23.9 Å². The van der Waals surface area contributed by atoms with Gasteiger partial charge >= 0.3 is 0 Å². The van der Waals surface area contributed by atoms with E-state index in [0.29, 0.717) is 27.3 Å². The van der Waals surface area contributed by atoms with Crippen molar-refractivity contribution in [2.45, 2.75) is 13.3 Å². The molecule has 0 aliphatic carbocycles. The standard InChI is InChI=1S/C24H23N3O3S2/c1-4-12-26-23(28)21(32-24(26)31)14-17-15-27(18-8-6-5-7-9-18)25-22(17)16-10-11-19(29-2)20(13-16)30-3/h5-11,13-15H,4,12H2,1-3H3. The Kier molecular flexibility index (Phi) is 6.62. The summed E-state index contributed by atoms with van der Waals surface area (Å²) in [6.45, 7) is 2.65. The number of para-hydroxylation sites is 1. The first kappa shape index (κ1) is 22.1. The highest BCUT2D eigenvalue weighted by Crippen LogP contribution is 2.37. The number of benzene rings is 2. The summed E-state index contributed by atoms with van der Waals surface area (Å²) in [6, 6.07) is 15.5. The van der Waals surface area contributed by atoms with Gasteiger partial charge in [0.15, 0.2) is 11.5 Å². The predicted molar refractivity (Wildman–Crippen MR) is 132 cm³/mol. The summed E-state index contributed by atoms with van der Waals surface area (Å²) in [6.07, 6.45) is 4.64. The number of methoxy groups -OCH3 is 2. The summed E-state index contributed by atoms with van der Waals surface area (Å²) >= 11 is 6.75. The first-order valence-electron chi connectivity index (χ1n) is 10.2. The van der Waals surface area contributed by atoms with Crippen molar-refractivity contribution in [3.05, 3.63) is 65.2 Å². The predicted octanol–water partition coefficient (Wildman–Crippen LogP) is 5.17. The Morgan fingerprint density at radius 3 is 2.53 bits per heavy atom. The van der Waals surface area contributed by atoms with Crippen molar-refractivity contribution in [3.63, 3.8) is 0 Å². The van der Waals surface area contributed by atoms with Crippen molar-refractivity contribution in [1.82, 2.24) is 14.7 Å². The molecule has 0 unspecified atom stereocenters. The van der Waals surface area contributed by atoms with E-state index in [-0.39, 0.29) is 5.91 Å². The Balaban J connectivity index is 1.82. The number of carbonyl (C=O) groups is 1. The molecule has 0 radical (unpaired) electrons. The lowest BCUT2D eigenvalue weighted by atomic mass is 10.1. The second kappa shape index (κ2) is 9.58. The van der Waals surface area contributed by atoms with Gasteiger partial charge in [0.25, 0.3) is 5.91 Å². The van der Waals surface area contributed by atoms with E-state index < -0.39 is 0 Å². The van der Waals surface area contributed by atoms with E-state index in [1.807, 2.05) is 72.4 Å². The molecule has 2 aromatic carbocycles. The quantitative estimate of drug-likeness (QED) is 0.355. The second-order valence-corrected chi connectivity index (χ2v) is 8.79. The molecule has 2 heterocycles. The van der Waals surface area contributed by atoms with Crippen LogP contribution in [0.2, 0.25) is 0 Å². The van der Waals surface area contributed by atoms with Crippen LogP contribution in [0.25, 0.3) is 23.0 Å². The van der Waals surface area contributed by atoms with Crippen molar-refractivity contribution < 1.29 is 14.3 Å². The number of hydrogen-bond acceptors (Lipinski definition) is 6. The molecule has 0 bridgehead atoms. The summed E-state index contributed by atoms with van der Waals surface area (Å²) in [5.41, 5.74) is 3.33. The summed E-state index contributed by atoms with van der Waals surface area (Å²) in [7, 11) is 3.20. The smallest absolute Gasteiger partial charge is 0.266 e. The lowest BCUT2D eigenvalue weighted by Gasteiger charge is -2.11. The van der Waals surface area contributed by atoms with Gasteiger partial charge in [-0.3, -0.25) is 9.69 Å². The van der Waals surface area contributed by atoms with Crippen LogP contribution in [0.5, 0.6) is 11.5 Å². The number of hydrogen-bond donors (Lipinski definition) is 0. The molecule has 1 fully saturated rings. The average molecular weight is 466 g/mol. The van der Waals surface area contributed by atoms with Crippen molar-refractivity contribution in [1.29, 1.82) is 0 Å². The number of ether oxygens (including phenoxy) is 2. The van der Waals surface area contributed by atoms with E-state index in [1.54, 1.807) is 19.1 Å². The van der Waals surface area contributed by atoms with E-state index in [2.05, 4.69) is 0 Å². The number of thioether (sulfide) groups is 1. The monoisotopic (exact) mass is 465 g/mol. The Hall–Kier alpha value is -3.10. The van der Waals surface area contributed by atoms with Crippen molar-refractivity contribution >= 4 is 40.3 Å². The second-order valence-electron chi connectivity index (χ2n) is 7.12. The van der Waals surface area contributed by atoms with Crippen molar-refractivity contribution in [2.24, 2.45) is 0 Å². The minimum absolute atomic E-state index is 0.0624. The van der Waals surface area contributed by atoms with Crippen LogP contribution >= 0.6 is 24.0 Å². The maximum Gasteiger partial charge on any atom is 0.266 e. The van der Waals surface area contributed by atoms with Crippen LogP contribution in [0, 0.1) is 0 Å². The molecule has 1 amide bonds. The molecule has 0 atom stereocenters. The number of nitrogens with zero attached hydrogens (tertiary/aromatic N) is 3. The van der Waals surface area contributed by atoms with Crippen molar-refractivity contribution in [2.75, 3.05) is 20.8 Å². The highest BCUT2D eigenvalue weighted by Gasteiger charge is 2.31. The number of amides is 1. The lowest BCUT2D eigenvalue weighted by molar-refractivity contribution is -0.122. The summed E-state index contributed by atoms with van der Waals surface area (Å²) < 4.78 is 13.2. The van der Waals surface area contributed by atoms with E-state index in [1.165, 1.54) is 11.8 Å². The highest BCUT2D eigenvalue weighted by molar-refractivity contribution is 8.26. The first-order valence-corrected chi connectivity index (χ1v) is 11.4. The molecule has 1 aliphatic heterocycles. The zero-order valence-corrected chi connectivity index (χ0v) is 19.7. The van der Waals surface area contributed by atoms with E-state index in [9.17, 15) is 4.79 Å². The maximum atomic E-state index is 12.9. The van der Waals surface area contributed by atoms with Crippen LogP contribution in [0.15, 0.2) is 59.6 Å². The van der Waals surface area contributed by atoms with Gasteiger partial charge in [-0.05, 0) is 42.8 Å². The van der Waals surface area contributed by atoms with Crippen molar-refractivity contribution in [3.8, 4) is 28.4 Å². The maximum absolute atomic E-state index is 12.9. The molecule has 0 saturated carbocycles. The van der Waals surface area contributed by atoms with Gasteiger partial charge in [-0.2, -0.15) is 5.10 Å². The Labute approximate surface area is 196 Å². The largest absolute Gasteiger partial charge is 0.493 e. The van der Waals surface area contributed by atoms with Crippen LogP contribution in [-0.2, 0) is 4.79 Å². The Morgan fingerprint density at radius 1 is 1.09 bits per heavy atom. The van der Waals surface area contributed by atoms with Gasteiger partial charge in [-0.15, -0.1) is 0 Å². The molecule has 1 aromatic heterocycles. The van der Waals surface area contributed by atoms with Gasteiger partial charge in [-0.1, -0.05) is 49.1 Å². The minimum atomic E-state index is -0.0624. The molecular weight excluding hydrogens is 442 g/mol. The molecule has 32 heavy (non-hydrogen) atoms. The number of rotatable bonds is 7. The number of carbonyl (C=O) groups excluding carboxylic acids is 1. The Bertz CT molecular complexity index is 1190. The summed E-state index contributed by atoms with van der Waals surface area (Å²) in [5.74, 6) is 1.19. The third-order valence-corrected chi connectivity index (χ3v) is 6.41. The minimum Gasteiger partial charge on any atom is -0.493 e. The highest BCUT2D eigenvalue weighted by atomic mass is 32.2. The topological polar surface area (TPSA) is 56.6 Å². The SMILES string of the molecule is CCCN1C(=O)C(=Cc2cn(-c3ccccc3)nc2-c2ccc(OC)c(OC)c2)SC1=S.